The molecule has 2 N–H and O–H groups in total. The highest BCUT2D eigenvalue weighted by Gasteiger charge is 2.29. The number of aryl methyl sites for hydroxylation is 1. The van der Waals surface area contributed by atoms with Crippen LogP contribution in [0.3, 0.4) is 0 Å². The van der Waals surface area contributed by atoms with E-state index in [1.165, 1.54) is 11.8 Å². The summed E-state index contributed by atoms with van der Waals surface area (Å²) in [6.07, 6.45) is 4.41. The van der Waals surface area contributed by atoms with Gasteiger partial charge < -0.3 is 19.7 Å². The minimum absolute atomic E-state index is 0.267. The predicted molar refractivity (Wildman–Crippen MR) is 162 cm³/mol. The average molecular weight is 571 g/mol. The van der Waals surface area contributed by atoms with Crippen molar-refractivity contribution in [2.45, 2.75) is 49.7 Å². The SMILES string of the molecule is C=CCN(c1ccccc1Cn1c(CCCC)nnc1SCc1ccccc1C(=O)O)C(C(=O)O)c1ccccc1. The molecule has 0 amide bonds. The van der Waals surface area contributed by atoms with Crippen molar-refractivity contribution < 1.29 is 19.8 Å². The van der Waals surface area contributed by atoms with Crippen LogP contribution >= 0.6 is 11.8 Å². The van der Waals surface area contributed by atoms with Gasteiger partial charge in [-0.05, 0) is 35.2 Å². The Morgan fingerprint density at radius 2 is 1.66 bits per heavy atom. The molecule has 0 radical (unpaired) electrons. The molecule has 1 unspecified atom stereocenters. The van der Waals surface area contributed by atoms with Crippen LogP contribution in [0.4, 0.5) is 5.69 Å². The number of para-hydroxylation sites is 1. The van der Waals surface area contributed by atoms with Crippen molar-refractivity contribution >= 4 is 29.4 Å². The Morgan fingerprint density at radius 3 is 2.34 bits per heavy atom. The van der Waals surface area contributed by atoms with E-state index in [0.29, 0.717) is 35.1 Å². The maximum Gasteiger partial charge on any atom is 0.335 e. The fraction of sp³-hybridized carbons (Fsp3) is 0.250. The van der Waals surface area contributed by atoms with Gasteiger partial charge in [0.05, 0.1) is 12.1 Å². The zero-order valence-corrected chi connectivity index (χ0v) is 23.8. The van der Waals surface area contributed by atoms with Crippen LogP contribution in [-0.2, 0) is 23.5 Å². The predicted octanol–water partition coefficient (Wildman–Crippen LogP) is 6.48. The van der Waals surface area contributed by atoms with Crippen LogP contribution in [0.5, 0.6) is 0 Å². The first kappa shape index (κ1) is 29.6. The number of rotatable bonds is 15. The number of carboxylic acid groups (broad SMARTS) is 2. The number of unbranched alkanes of at least 4 members (excludes halogenated alkanes) is 1. The molecule has 1 heterocycles. The maximum absolute atomic E-state index is 12.6. The second-order valence-electron chi connectivity index (χ2n) is 9.56. The van der Waals surface area contributed by atoms with Gasteiger partial charge in [-0.25, -0.2) is 9.59 Å². The van der Waals surface area contributed by atoms with Crippen molar-refractivity contribution in [3.05, 3.63) is 120 Å². The van der Waals surface area contributed by atoms with Gasteiger partial charge in [0.25, 0.3) is 0 Å². The third-order valence-corrected chi connectivity index (χ3v) is 7.78. The molecule has 1 aromatic heterocycles. The Hall–Kier alpha value is -4.37. The second-order valence-corrected chi connectivity index (χ2v) is 10.5. The van der Waals surface area contributed by atoms with E-state index in [4.69, 9.17) is 0 Å². The highest BCUT2D eigenvalue weighted by Crippen LogP contribution is 2.32. The molecular formula is C32H34N4O4S. The molecule has 0 saturated carbocycles. The lowest BCUT2D eigenvalue weighted by Crippen LogP contribution is -2.35. The number of hydrogen-bond acceptors (Lipinski definition) is 6. The van der Waals surface area contributed by atoms with Gasteiger partial charge >= 0.3 is 11.9 Å². The molecule has 0 aliphatic carbocycles. The lowest BCUT2D eigenvalue weighted by molar-refractivity contribution is -0.138. The normalized spacial score (nSPS) is 11.6. The van der Waals surface area contributed by atoms with E-state index in [2.05, 4.69) is 28.3 Å². The van der Waals surface area contributed by atoms with Crippen LogP contribution < -0.4 is 4.90 Å². The Kier molecular flexibility index (Phi) is 10.3. The molecule has 212 valence electrons. The second kappa shape index (κ2) is 14.3. The molecule has 0 bridgehead atoms. The summed E-state index contributed by atoms with van der Waals surface area (Å²) in [6.45, 7) is 6.78. The number of anilines is 1. The van der Waals surface area contributed by atoms with Gasteiger partial charge in [-0.1, -0.05) is 97.9 Å². The number of carbonyl (C=O) groups is 2. The van der Waals surface area contributed by atoms with E-state index >= 15 is 0 Å². The molecular weight excluding hydrogens is 536 g/mol. The largest absolute Gasteiger partial charge is 0.479 e. The first-order chi connectivity index (χ1) is 19.9. The minimum Gasteiger partial charge on any atom is -0.479 e. The van der Waals surface area contributed by atoms with Crippen LogP contribution in [0.15, 0.2) is 96.7 Å². The summed E-state index contributed by atoms with van der Waals surface area (Å²) >= 11 is 1.44. The minimum atomic E-state index is -0.964. The van der Waals surface area contributed by atoms with E-state index in [-0.39, 0.29) is 5.56 Å². The summed E-state index contributed by atoms with van der Waals surface area (Å²) in [4.78, 5) is 26.2. The third-order valence-electron chi connectivity index (χ3n) is 6.77. The lowest BCUT2D eigenvalue weighted by atomic mass is 10.0. The zero-order valence-electron chi connectivity index (χ0n) is 23.0. The number of aromatic carboxylic acids is 1. The van der Waals surface area contributed by atoms with Crippen molar-refractivity contribution in [1.82, 2.24) is 14.8 Å². The molecule has 0 aliphatic heterocycles. The molecule has 3 aromatic carbocycles. The highest BCUT2D eigenvalue weighted by molar-refractivity contribution is 7.98. The van der Waals surface area contributed by atoms with E-state index in [0.717, 1.165) is 36.3 Å². The number of benzene rings is 3. The Morgan fingerprint density at radius 1 is 0.976 bits per heavy atom. The molecule has 8 nitrogen and oxygen atoms in total. The summed E-state index contributed by atoms with van der Waals surface area (Å²) in [5.41, 5.74) is 3.36. The number of aliphatic carboxylic acids is 1. The van der Waals surface area contributed by atoms with Gasteiger partial charge in [-0.15, -0.1) is 16.8 Å². The topological polar surface area (TPSA) is 109 Å². The van der Waals surface area contributed by atoms with Crippen LogP contribution in [0.25, 0.3) is 0 Å². The molecule has 41 heavy (non-hydrogen) atoms. The fourth-order valence-corrected chi connectivity index (χ4v) is 5.73. The molecule has 0 spiro atoms. The number of hydrogen-bond donors (Lipinski definition) is 2. The maximum atomic E-state index is 12.6. The van der Waals surface area contributed by atoms with Gasteiger partial charge in [0.15, 0.2) is 11.2 Å². The van der Waals surface area contributed by atoms with Gasteiger partial charge in [-0.3, -0.25) is 0 Å². The Balaban J connectivity index is 1.71. The fourth-order valence-electron chi connectivity index (χ4n) is 4.77. The van der Waals surface area contributed by atoms with Crippen molar-refractivity contribution in [3.8, 4) is 0 Å². The smallest absolute Gasteiger partial charge is 0.335 e. The van der Waals surface area contributed by atoms with Crippen LogP contribution in [0, 0.1) is 0 Å². The summed E-state index contributed by atoms with van der Waals surface area (Å²) in [7, 11) is 0. The van der Waals surface area contributed by atoms with Crippen molar-refractivity contribution in [3.63, 3.8) is 0 Å². The number of carboxylic acids is 2. The van der Waals surface area contributed by atoms with Crippen LogP contribution in [0.1, 0.15) is 58.7 Å². The van der Waals surface area contributed by atoms with Gasteiger partial charge in [0.1, 0.15) is 5.82 Å². The van der Waals surface area contributed by atoms with E-state index in [1.54, 1.807) is 18.2 Å². The Labute approximate surface area is 244 Å². The number of thioether (sulfide) groups is 1. The third kappa shape index (κ3) is 7.24. The van der Waals surface area contributed by atoms with Crippen LogP contribution in [0.2, 0.25) is 0 Å². The average Bonchev–Trinajstić information content (AvgIpc) is 3.36. The first-order valence-electron chi connectivity index (χ1n) is 13.5. The van der Waals surface area contributed by atoms with Crippen molar-refractivity contribution in [1.29, 1.82) is 0 Å². The molecule has 9 heteroatoms. The summed E-state index contributed by atoms with van der Waals surface area (Å²) in [5.74, 6) is -0.653. The molecule has 0 fully saturated rings. The molecule has 4 rings (SSSR count). The zero-order chi connectivity index (χ0) is 29.2. The number of nitrogens with zero attached hydrogens (tertiary/aromatic N) is 4. The first-order valence-corrected chi connectivity index (χ1v) is 14.5. The summed E-state index contributed by atoms with van der Waals surface area (Å²) < 4.78 is 2.06. The summed E-state index contributed by atoms with van der Waals surface area (Å²) in [5, 5.41) is 29.6. The van der Waals surface area contributed by atoms with Crippen molar-refractivity contribution in [2.75, 3.05) is 11.4 Å². The molecule has 1 atom stereocenters. The molecule has 0 saturated heterocycles. The standard InChI is InChI=1S/C32H34N4O4S/c1-3-5-19-28-33-34-32(41-22-25-16-9-11-17-26(25)30(37)38)36(28)21-24-15-10-12-18-27(24)35(20-4-2)29(31(39)40)23-13-7-6-8-14-23/h4,6-18,29H,2-3,5,19-22H2,1H3,(H,37,38)(H,39,40). The van der Waals surface area contributed by atoms with Gasteiger partial charge in [0, 0.05) is 24.4 Å². The van der Waals surface area contributed by atoms with Gasteiger partial charge in [-0.2, -0.15) is 0 Å². The lowest BCUT2D eigenvalue weighted by Gasteiger charge is -2.32. The monoisotopic (exact) mass is 570 g/mol. The molecule has 0 aliphatic rings. The molecule has 4 aromatic rings. The number of aromatic nitrogens is 3. The van der Waals surface area contributed by atoms with E-state index in [9.17, 15) is 19.8 Å². The van der Waals surface area contributed by atoms with E-state index in [1.807, 2.05) is 71.6 Å². The van der Waals surface area contributed by atoms with Crippen LogP contribution in [-0.4, -0.2) is 43.5 Å². The highest BCUT2D eigenvalue weighted by atomic mass is 32.2. The van der Waals surface area contributed by atoms with E-state index < -0.39 is 18.0 Å². The summed E-state index contributed by atoms with van der Waals surface area (Å²) in [6, 6.07) is 23.0. The van der Waals surface area contributed by atoms with Gasteiger partial charge in [0.2, 0.25) is 0 Å². The quantitative estimate of drug-likeness (QED) is 0.124. The van der Waals surface area contributed by atoms with Crippen molar-refractivity contribution in [2.24, 2.45) is 0 Å². The Bertz CT molecular complexity index is 1490.